The molecule has 0 aromatic rings. The SMILES string of the molecule is CC(C)(C(=O)NC1CCCSC1)C1CCCNC1. The quantitative estimate of drug-likeness (QED) is 0.824. The van der Waals surface area contributed by atoms with E-state index in [1.807, 2.05) is 11.8 Å². The van der Waals surface area contributed by atoms with E-state index in [0.717, 1.165) is 25.3 Å². The molecular weight excluding hydrogens is 244 g/mol. The minimum absolute atomic E-state index is 0.241. The highest BCUT2D eigenvalue weighted by atomic mass is 32.2. The van der Waals surface area contributed by atoms with Gasteiger partial charge < -0.3 is 10.6 Å². The van der Waals surface area contributed by atoms with Gasteiger partial charge in [-0.3, -0.25) is 4.79 Å². The molecule has 2 fully saturated rings. The maximum absolute atomic E-state index is 12.5. The van der Waals surface area contributed by atoms with Crippen LogP contribution in [0.1, 0.15) is 39.5 Å². The number of nitrogens with one attached hydrogen (secondary N) is 2. The third-order valence-electron chi connectivity index (χ3n) is 4.40. The lowest BCUT2D eigenvalue weighted by Crippen LogP contribution is -2.50. The minimum atomic E-state index is -0.241. The fraction of sp³-hybridized carbons (Fsp3) is 0.929. The lowest BCUT2D eigenvalue weighted by molar-refractivity contribution is -0.133. The predicted molar refractivity (Wildman–Crippen MR) is 77.9 cm³/mol. The monoisotopic (exact) mass is 270 g/mol. The van der Waals surface area contributed by atoms with Gasteiger partial charge in [0, 0.05) is 17.2 Å². The van der Waals surface area contributed by atoms with Crippen LogP contribution in [0.4, 0.5) is 0 Å². The average molecular weight is 270 g/mol. The van der Waals surface area contributed by atoms with Gasteiger partial charge in [-0.25, -0.2) is 0 Å². The smallest absolute Gasteiger partial charge is 0.226 e. The molecule has 2 heterocycles. The van der Waals surface area contributed by atoms with E-state index in [4.69, 9.17) is 0 Å². The van der Waals surface area contributed by atoms with Crippen LogP contribution in [0.2, 0.25) is 0 Å². The molecule has 2 aliphatic rings. The molecule has 1 amide bonds. The van der Waals surface area contributed by atoms with Crippen molar-refractivity contribution < 1.29 is 4.79 Å². The normalized spacial score (nSPS) is 29.9. The molecule has 0 aromatic carbocycles. The molecule has 2 rings (SSSR count). The Kier molecular flexibility index (Phi) is 4.96. The molecule has 0 radical (unpaired) electrons. The largest absolute Gasteiger partial charge is 0.352 e. The molecule has 2 atom stereocenters. The third-order valence-corrected chi connectivity index (χ3v) is 5.61. The van der Waals surface area contributed by atoms with Crippen molar-refractivity contribution in [3.8, 4) is 0 Å². The van der Waals surface area contributed by atoms with E-state index in [1.54, 1.807) is 0 Å². The maximum atomic E-state index is 12.5. The summed E-state index contributed by atoms with van der Waals surface area (Å²) < 4.78 is 0. The predicted octanol–water partition coefficient (Wildman–Crippen LogP) is 2.02. The lowest BCUT2D eigenvalue weighted by Gasteiger charge is -2.37. The van der Waals surface area contributed by atoms with Crippen molar-refractivity contribution in [1.82, 2.24) is 10.6 Å². The molecule has 0 aromatic heterocycles. The molecule has 104 valence electrons. The van der Waals surface area contributed by atoms with E-state index in [1.165, 1.54) is 25.0 Å². The van der Waals surface area contributed by atoms with Crippen molar-refractivity contribution in [3.63, 3.8) is 0 Å². The zero-order valence-corrected chi connectivity index (χ0v) is 12.4. The van der Waals surface area contributed by atoms with Gasteiger partial charge >= 0.3 is 0 Å². The Morgan fingerprint density at radius 1 is 1.33 bits per heavy atom. The molecule has 4 heteroatoms. The van der Waals surface area contributed by atoms with Crippen LogP contribution >= 0.6 is 11.8 Å². The van der Waals surface area contributed by atoms with Crippen LogP contribution in [-0.2, 0) is 4.79 Å². The number of carbonyl (C=O) groups is 1. The topological polar surface area (TPSA) is 41.1 Å². The molecule has 2 N–H and O–H groups in total. The molecule has 3 nitrogen and oxygen atoms in total. The molecule has 2 saturated heterocycles. The zero-order valence-electron chi connectivity index (χ0n) is 11.6. The Hall–Kier alpha value is -0.220. The number of carbonyl (C=O) groups excluding carboxylic acids is 1. The van der Waals surface area contributed by atoms with E-state index in [2.05, 4.69) is 24.5 Å². The minimum Gasteiger partial charge on any atom is -0.352 e. The van der Waals surface area contributed by atoms with E-state index in [-0.39, 0.29) is 11.3 Å². The van der Waals surface area contributed by atoms with Crippen molar-refractivity contribution in [2.45, 2.75) is 45.6 Å². The summed E-state index contributed by atoms with van der Waals surface area (Å²) in [6.45, 7) is 6.30. The second-order valence-corrected chi connectivity index (χ2v) is 7.30. The first-order chi connectivity index (χ1) is 8.60. The number of piperidine rings is 1. The first-order valence-electron chi connectivity index (χ1n) is 7.20. The number of hydrogen-bond acceptors (Lipinski definition) is 3. The van der Waals surface area contributed by atoms with Crippen LogP contribution in [0.5, 0.6) is 0 Å². The van der Waals surface area contributed by atoms with E-state index < -0.39 is 0 Å². The van der Waals surface area contributed by atoms with Crippen LogP contribution in [0.3, 0.4) is 0 Å². The van der Waals surface area contributed by atoms with Gasteiger partial charge in [0.05, 0.1) is 0 Å². The molecule has 18 heavy (non-hydrogen) atoms. The van der Waals surface area contributed by atoms with Gasteiger partial charge in [-0.15, -0.1) is 0 Å². The van der Waals surface area contributed by atoms with E-state index in [9.17, 15) is 4.79 Å². The summed E-state index contributed by atoms with van der Waals surface area (Å²) in [5.41, 5.74) is -0.241. The van der Waals surface area contributed by atoms with Gasteiger partial charge in [0.25, 0.3) is 0 Å². The Morgan fingerprint density at radius 2 is 2.17 bits per heavy atom. The maximum Gasteiger partial charge on any atom is 0.226 e. The van der Waals surface area contributed by atoms with E-state index in [0.29, 0.717) is 12.0 Å². The molecule has 0 aliphatic carbocycles. The van der Waals surface area contributed by atoms with Gasteiger partial charge in [0.1, 0.15) is 0 Å². The second kappa shape index (κ2) is 6.29. The third kappa shape index (κ3) is 3.41. The molecule has 0 spiro atoms. The van der Waals surface area contributed by atoms with Crippen LogP contribution < -0.4 is 10.6 Å². The molecule has 2 aliphatic heterocycles. The van der Waals surface area contributed by atoms with Crippen LogP contribution in [0.15, 0.2) is 0 Å². The summed E-state index contributed by atoms with van der Waals surface area (Å²) in [6.07, 6.45) is 4.76. The van der Waals surface area contributed by atoms with Crippen molar-refractivity contribution in [2.75, 3.05) is 24.6 Å². The summed E-state index contributed by atoms with van der Waals surface area (Å²) in [4.78, 5) is 12.5. The lowest BCUT2D eigenvalue weighted by atomic mass is 9.74. The van der Waals surface area contributed by atoms with Gasteiger partial charge in [-0.1, -0.05) is 13.8 Å². The van der Waals surface area contributed by atoms with Crippen molar-refractivity contribution in [3.05, 3.63) is 0 Å². The van der Waals surface area contributed by atoms with Crippen LogP contribution in [0.25, 0.3) is 0 Å². The highest BCUT2D eigenvalue weighted by molar-refractivity contribution is 7.99. The first kappa shape index (κ1) is 14.2. The fourth-order valence-electron chi connectivity index (χ4n) is 2.88. The Balaban J connectivity index is 1.88. The summed E-state index contributed by atoms with van der Waals surface area (Å²) in [6, 6.07) is 0.395. The summed E-state index contributed by atoms with van der Waals surface area (Å²) in [5.74, 6) is 3.07. The van der Waals surface area contributed by atoms with Gasteiger partial charge in [-0.2, -0.15) is 11.8 Å². The van der Waals surface area contributed by atoms with E-state index >= 15 is 0 Å². The van der Waals surface area contributed by atoms with Gasteiger partial charge in [0.2, 0.25) is 5.91 Å². The summed E-state index contributed by atoms with van der Waals surface area (Å²) in [5, 5.41) is 6.68. The Morgan fingerprint density at radius 3 is 2.78 bits per heavy atom. The number of hydrogen-bond donors (Lipinski definition) is 2. The number of amides is 1. The van der Waals surface area contributed by atoms with Crippen molar-refractivity contribution >= 4 is 17.7 Å². The average Bonchev–Trinajstić information content (AvgIpc) is 2.41. The van der Waals surface area contributed by atoms with Crippen LogP contribution in [0, 0.1) is 11.3 Å². The Labute approximate surface area is 115 Å². The number of thioether (sulfide) groups is 1. The number of rotatable bonds is 3. The molecule has 0 bridgehead atoms. The fourth-order valence-corrected chi connectivity index (χ4v) is 3.95. The zero-order chi connectivity index (χ0) is 13.0. The summed E-state index contributed by atoms with van der Waals surface area (Å²) >= 11 is 1.96. The Bertz CT molecular complexity index is 282. The highest BCUT2D eigenvalue weighted by Crippen LogP contribution is 2.32. The summed E-state index contributed by atoms with van der Waals surface area (Å²) in [7, 11) is 0. The van der Waals surface area contributed by atoms with Crippen molar-refractivity contribution in [2.24, 2.45) is 11.3 Å². The highest BCUT2D eigenvalue weighted by Gasteiger charge is 2.38. The van der Waals surface area contributed by atoms with Crippen LogP contribution in [-0.4, -0.2) is 36.5 Å². The first-order valence-corrected chi connectivity index (χ1v) is 8.35. The van der Waals surface area contributed by atoms with Gasteiger partial charge in [-0.05, 0) is 50.4 Å². The van der Waals surface area contributed by atoms with Gasteiger partial charge in [0.15, 0.2) is 0 Å². The molecule has 0 saturated carbocycles. The standard InChI is InChI=1S/C14H26N2OS/c1-14(2,11-5-3-7-15-9-11)13(17)16-12-6-4-8-18-10-12/h11-12,15H,3-10H2,1-2H3,(H,16,17). The molecule has 2 unspecified atom stereocenters. The van der Waals surface area contributed by atoms with Crippen molar-refractivity contribution in [1.29, 1.82) is 0 Å². The molecular formula is C14H26N2OS. The second-order valence-electron chi connectivity index (χ2n) is 6.15.